The molecule has 23 heavy (non-hydrogen) atoms. The summed E-state index contributed by atoms with van der Waals surface area (Å²) in [6, 6.07) is 3.32. The molecule has 0 bridgehead atoms. The summed E-state index contributed by atoms with van der Waals surface area (Å²) in [6.45, 7) is 0.613. The summed E-state index contributed by atoms with van der Waals surface area (Å²) < 4.78 is 0. The Labute approximate surface area is 134 Å². The first-order valence-electron chi connectivity index (χ1n) is 8.05. The van der Waals surface area contributed by atoms with E-state index in [-0.39, 0.29) is 17.1 Å². The number of H-pyrrole nitrogens is 2. The monoisotopic (exact) mass is 317 g/mol. The Bertz CT molecular complexity index is 755. The number of carbonyl (C=O) groups is 1. The summed E-state index contributed by atoms with van der Waals surface area (Å²) >= 11 is 0. The SMILES string of the molecule is CN(C)C1(CNC(=O)c2ccc3[nH]c(=O)[nH]c3n2)CCCCC1. The summed E-state index contributed by atoms with van der Waals surface area (Å²) in [6.07, 6.45) is 5.85. The molecule has 3 rings (SSSR count). The summed E-state index contributed by atoms with van der Waals surface area (Å²) in [4.78, 5) is 35.3. The first-order chi connectivity index (χ1) is 11.0. The van der Waals surface area contributed by atoms with Crippen molar-refractivity contribution in [3.05, 3.63) is 28.3 Å². The van der Waals surface area contributed by atoms with E-state index in [1.54, 1.807) is 12.1 Å². The molecule has 0 unspecified atom stereocenters. The standard InChI is InChI=1S/C16H23N5O2/c1-21(2)16(8-4-3-5-9-16)10-17-14(22)12-7-6-11-13(18-12)20-15(23)19-11/h6-7H,3-5,8-10H2,1-2H3,(H,17,22)(H2,18,19,20,23). The average molecular weight is 317 g/mol. The van der Waals surface area contributed by atoms with Crippen LogP contribution in [0.2, 0.25) is 0 Å². The van der Waals surface area contributed by atoms with E-state index >= 15 is 0 Å². The second-order valence-electron chi connectivity index (χ2n) is 6.53. The largest absolute Gasteiger partial charge is 0.349 e. The molecule has 0 aromatic carbocycles. The molecular weight excluding hydrogens is 294 g/mol. The number of rotatable bonds is 4. The van der Waals surface area contributed by atoms with Crippen molar-refractivity contribution in [1.29, 1.82) is 0 Å². The number of nitrogens with one attached hydrogen (secondary N) is 3. The molecule has 7 heteroatoms. The minimum absolute atomic E-state index is 0.0282. The van der Waals surface area contributed by atoms with E-state index in [9.17, 15) is 9.59 Å². The molecular formula is C16H23N5O2. The van der Waals surface area contributed by atoms with E-state index in [1.165, 1.54) is 19.3 Å². The van der Waals surface area contributed by atoms with Crippen LogP contribution in [0.3, 0.4) is 0 Å². The Hall–Kier alpha value is -2.15. The predicted molar refractivity (Wildman–Crippen MR) is 88.6 cm³/mol. The van der Waals surface area contributed by atoms with Crippen molar-refractivity contribution >= 4 is 17.1 Å². The minimum atomic E-state index is -0.321. The van der Waals surface area contributed by atoms with Crippen LogP contribution in [0.1, 0.15) is 42.6 Å². The number of hydrogen-bond acceptors (Lipinski definition) is 4. The molecule has 0 aliphatic heterocycles. The highest BCUT2D eigenvalue weighted by molar-refractivity contribution is 5.94. The van der Waals surface area contributed by atoms with Crippen molar-refractivity contribution in [1.82, 2.24) is 25.2 Å². The number of nitrogens with zero attached hydrogens (tertiary/aromatic N) is 2. The number of hydrogen-bond donors (Lipinski definition) is 3. The Morgan fingerprint density at radius 1 is 1.26 bits per heavy atom. The van der Waals surface area contributed by atoms with Gasteiger partial charge in [0.15, 0.2) is 5.65 Å². The highest BCUT2D eigenvalue weighted by Crippen LogP contribution is 2.31. The normalized spacial score (nSPS) is 17.5. The lowest BCUT2D eigenvalue weighted by Crippen LogP contribution is -2.53. The lowest BCUT2D eigenvalue weighted by molar-refractivity contribution is 0.0796. The van der Waals surface area contributed by atoms with Crippen molar-refractivity contribution < 1.29 is 4.79 Å². The lowest BCUT2D eigenvalue weighted by Gasteiger charge is -2.43. The van der Waals surface area contributed by atoms with Crippen molar-refractivity contribution in [3.8, 4) is 0 Å². The van der Waals surface area contributed by atoms with Gasteiger partial charge in [-0.15, -0.1) is 0 Å². The first kappa shape index (κ1) is 15.7. The zero-order valence-electron chi connectivity index (χ0n) is 13.6. The van der Waals surface area contributed by atoms with Crippen LogP contribution in [-0.2, 0) is 0 Å². The Morgan fingerprint density at radius 3 is 2.70 bits per heavy atom. The van der Waals surface area contributed by atoms with E-state index in [2.05, 4.69) is 39.3 Å². The number of amides is 1. The molecule has 0 saturated heterocycles. The summed E-state index contributed by atoms with van der Waals surface area (Å²) in [5, 5.41) is 3.02. The summed E-state index contributed by atoms with van der Waals surface area (Å²) in [7, 11) is 4.15. The Kier molecular flexibility index (Phi) is 4.21. The molecule has 0 spiro atoms. The molecule has 1 fully saturated rings. The van der Waals surface area contributed by atoms with E-state index in [1.807, 2.05) is 0 Å². The molecule has 7 nitrogen and oxygen atoms in total. The van der Waals surface area contributed by atoms with Crippen LogP contribution in [0.25, 0.3) is 11.2 Å². The predicted octanol–water partition coefficient (Wildman–Crippen LogP) is 1.25. The van der Waals surface area contributed by atoms with E-state index in [0.717, 1.165) is 12.8 Å². The van der Waals surface area contributed by atoms with Crippen molar-refractivity contribution in [2.75, 3.05) is 20.6 Å². The van der Waals surface area contributed by atoms with E-state index in [4.69, 9.17) is 0 Å². The van der Waals surface area contributed by atoms with Gasteiger partial charge in [-0.2, -0.15) is 0 Å². The topological polar surface area (TPSA) is 93.9 Å². The molecule has 3 N–H and O–H groups in total. The summed E-state index contributed by atoms with van der Waals surface area (Å²) in [5.41, 5.74) is 1.03. The van der Waals surface area contributed by atoms with Crippen LogP contribution in [-0.4, -0.2) is 51.9 Å². The zero-order valence-corrected chi connectivity index (χ0v) is 13.6. The van der Waals surface area contributed by atoms with Gasteiger partial charge in [-0.25, -0.2) is 9.78 Å². The smallest absolute Gasteiger partial charge is 0.325 e. The van der Waals surface area contributed by atoms with Crippen LogP contribution in [0, 0.1) is 0 Å². The molecule has 0 atom stereocenters. The molecule has 1 aliphatic rings. The van der Waals surface area contributed by atoms with E-state index < -0.39 is 0 Å². The van der Waals surface area contributed by atoms with E-state index in [0.29, 0.717) is 23.4 Å². The number of aromatic amines is 2. The second-order valence-corrected chi connectivity index (χ2v) is 6.53. The van der Waals surface area contributed by atoms with Crippen LogP contribution >= 0.6 is 0 Å². The third-order valence-corrected chi connectivity index (χ3v) is 4.92. The molecule has 1 saturated carbocycles. The van der Waals surface area contributed by atoms with Crippen LogP contribution in [0.4, 0.5) is 0 Å². The maximum Gasteiger partial charge on any atom is 0.325 e. The third-order valence-electron chi connectivity index (χ3n) is 4.92. The van der Waals surface area contributed by atoms with Crippen molar-refractivity contribution in [3.63, 3.8) is 0 Å². The average Bonchev–Trinajstić information content (AvgIpc) is 2.92. The van der Waals surface area contributed by atoms with Gasteiger partial charge in [-0.3, -0.25) is 9.78 Å². The van der Waals surface area contributed by atoms with Gasteiger partial charge < -0.3 is 15.2 Å². The number of carbonyl (C=O) groups excluding carboxylic acids is 1. The fourth-order valence-electron chi connectivity index (χ4n) is 3.37. The minimum Gasteiger partial charge on any atom is -0.349 e. The summed E-state index contributed by atoms with van der Waals surface area (Å²) in [5.74, 6) is -0.208. The number of imidazole rings is 1. The molecule has 1 aliphatic carbocycles. The fraction of sp³-hybridized carbons (Fsp3) is 0.562. The van der Waals surface area contributed by atoms with Gasteiger partial charge >= 0.3 is 5.69 Å². The van der Waals surface area contributed by atoms with Gasteiger partial charge in [0.05, 0.1) is 5.52 Å². The number of pyridine rings is 1. The van der Waals surface area contributed by atoms with Crippen molar-refractivity contribution in [2.24, 2.45) is 0 Å². The fourth-order valence-corrected chi connectivity index (χ4v) is 3.37. The maximum atomic E-state index is 12.4. The molecule has 2 heterocycles. The van der Waals surface area contributed by atoms with Gasteiger partial charge in [-0.1, -0.05) is 19.3 Å². The Morgan fingerprint density at radius 2 is 2.00 bits per heavy atom. The second kappa shape index (κ2) is 6.16. The molecule has 2 aromatic rings. The van der Waals surface area contributed by atoms with Gasteiger partial charge in [0.1, 0.15) is 5.69 Å². The Balaban J connectivity index is 1.73. The molecule has 2 aromatic heterocycles. The van der Waals surface area contributed by atoms with Crippen LogP contribution in [0.5, 0.6) is 0 Å². The molecule has 0 radical (unpaired) electrons. The lowest BCUT2D eigenvalue weighted by atomic mass is 9.80. The highest BCUT2D eigenvalue weighted by atomic mass is 16.2. The quantitative estimate of drug-likeness (QED) is 0.791. The van der Waals surface area contributed by atoms with Gasteiger partial charge in [0.2, 0.25) is 0 Å². The van der Waals surface area contributed by atoms with Crippen molar-refractivity contribution in [2.45, 2.75) is 37.6 Å². The van der Waals surface area contributed by atoms with Gasteiger partial charge in [-0.05, 0) is 39.1 Å². The molecule has 1 amide bonds. The van der Waals surface area contributed by atoms with Gasteiger partial charge in [0, 0.05) is 12.1 Å². The highest BCUT2D eigenvalue weighted by Gasteiger charge is 2.34. The zero-order chi connectivity index (χ0) is 16.4. The third kappa shape index (κ3) is 3.14. The first-order valence-corrected chi connectivity index (χ1v) is 8.05. The maximum absolute atomic E-state index is 12.4. The molecule has 124 valence electrons. The number of likely N-dealkylation sites (N-methyl/N-ethyl adjacent to an activating group) is 1. The number of fused-ring (bicyclic) bond motifs is 1. The van der Waals surface area contributed by atoms with Crippen LogP contribution < -0.4 is 11.0 Å². The van der Waals surface area contributed by atoms with Crippen LogP contribution in [0.15, 0.2) is 16.9 Å². The number of aromatic nitrogens is 3. The van der Waals surface area contributed by atoms with Gasteiger partial charge in [0.25, 0.3) is 5.91 Å².